The number of carbonyl (C=O) groups is 1. The first-order valence-corrected chi connectivity index (χ1v) is 5.43. The molecule has 0 fully saturated rings. The van der Waals surface area contributed by atoms with Crippen molar-refractivity contribution in [2.45, 2.75) is 19.0 Å². The molecule has 2 unspecified atom stereocenters. The first kappa shape index (κ1) is 13.6. The predicted octanol–water partition coefficient (Wildman–Crippen LogP) is 0.631. The molecule has 0 saturated heterocycles. The van der Waals surface area contributed by atoms with Crippen molar-refractivity contribution in [3.05, 3.63) is 35.6 Å². The molecule has 94 valence electrons. The van der Waals surface area contributed by atoms with Gasteiger partial charge in [-0.2, -0.15) is 0 Å². The lowest BCUT2D eigenvalue weighted by atomic mass is 10.1. The fraction of sp³-hybridized carbons (Fsp3) is 0.417. The largest absolute Gasteiger partial charge is 0.368 e. The monoisotopic (exact) mass is 239 g/mol. The zero-order chi connectivity index (χ0) is 13.0. The van der Waals surface area contributed by atoms with Gasteiger partial charge in [0.15, 0.2) is 0 Å². The second kappa shape index (κ2) is 5.75. The van der Waals surface area contributed by atoms with Crippen molar-refractivity contribution in [3.8, 4) is 0 Å². The molecule has 0 aliphatic rings. The van der Waals surface area contributed by atoms with Gasteiger partial charge in [0.25, 0.3) is 0 Å². The molecule has 4 N–H and O–H groups in total. The summed E-state index contributed by atoms with van der Waals surface area (Å²) in [6, 6.07) is 5.63. The maximum atomic E-state index is 13.5. The smallest absolute Gasteiger partial charge is 0.235 e. The number of nitrogens with zero attached hydrogens (tertiary/aromatic N) is 1. The lowest BCUT2D eigenvalue weighted by Crippen LogP contribution is -2.45. The van der Waals surface area contributed by atoms with Gasteiger partial charge in [0, 0.05) is 18.2 Å². The first-order chi connectivity index (χ1) is 7.93. The maximum absolute atomic E-state index is 13.5. The molecule has 1 amide bonds. The zero-order valence-electron chi connectivity index (χ0n) is 10.1. The molecular formula is C12H18FN3O. The van der Waals surface area contributed by atoms with Crippen molar-refractivity contribution in [1.29, 1.82) is 0 Å². The van der Waals surface area contributed by atoms with Gasteiger partial charge in [-0.05, 0) is 20.0 Å². The van der Waals surface area contributed by atoms with Crippen LogP contribution in [-0.4, -0.2) is 30.4 Å². The highest BCUT2D eigenvalue weighted by Crippen LogP contribution is 2.21. The van der Waals surface area contributed by atoms with E-state index < -0.39 is 11.9 Å². The van der Waals surface area contributed by atoms with E-state index in [1.807, 2.05) is 6.92 Å². The van der Waals surface area contributed by atoms with E-state index in [4.69, 9.17) is 11.5 Å². The standard InChI is InChI=1S/C12H18FN3O/c1-8(9-5-3-4-6-10(9)13)16(2)7-11(14)12(15)17/h3-6,8,11H,7,14H2,1-2H3,(H2,15,17). The molecule has 0 bridgehead atoms. The summed E-state index contributed by atoms with van der Waals surface area (Å²) in [6.07, 6.45) is 0. The first-order valence-electron chi connectivity index (χ1n) is 5.43. The van der Waals surface area contributed by atoms with Crippen LogP contribution in [0.2, 0.25) is 0 Å². The molecule has 0 radical (unpaired) electrons. The van der Waals surface area contributed by atoms with Crippen LogP contribution < -0.4 is 11.5 Å². The summed E-state index contributed by atoms with van der Waals surface area (Å²) in [4.78, 5) is 12.7. The number of nitrogens with two attached hydrogens (primary N) is 2. The van der Waals surface area contributed by atoms with E-state index in [0.29, 0.717) is 12.1 Å². The third kappa shape index (κ3) is 3.51. The van der Waals surface area contributed by atoms with E-state index in [-0.39, 0.29) is 11.9 Å². The van der Waals surface area contributed by atoms with E-state index in [0.717, 1.165) is 0 Å². The minimum Gasteiger partial charge on any atom is -0.368 e. The summed E-state index contributed by atoms with van der Waals surface area (Å²) in [5, 5.41) is 0. The quantitative estimate of drug-likeness (QED) is 0.791. The van der Waals surface area contributed by atoms with Crippen molar-refractivity contribution in [2.24, 2.45) is 11.5 Å². The Bertz CT molecular complexity index is 397. The van der Waals surface area contributed by atoms with Crippen molar-refractivity contribution in [1.82, 2.24) is 4.90 Å². The molecule has 0 aliphatic heterocycles. The zero-order valence-corrected chi connectivity index (χ0v) is 10.1. The molecule has 5 heteroatoms. The fourth-order valence-corrected chi connectivity index (χ4v) is 1.61. The topological polar surface area (TPSA) is 72.3 Å². The van der Waals surface area contributed by atoms with Crippen LogP contribution in [0.25, 0.3) is 0 Å². The van der Waals surface area contributed by atoms with Gasteiger partial charge in [0.1, 0.15) is 5.82 Å². The molecule has 0 aliphatic carbocycles. The SMILES string of the molecule is CC(c1ccccc1F)N(C)CC(N)C(N)=O. The van der Waals surface area contributed by atoms with Gasteiger partial charge in [-0.3, -0.25) is 9.69 Å². The van der Waals surface area contributed by atoms with Crippen LogP contribution in [0, 0.1) is 5.82 Å². The number of rotatable bonds is 5. The van der Waals surface area contributed by atoms with Crippen molar-refractivity contribution >= 4 is 5.91 Å². The summed E-state index contributed by atoms with van der Waals surface area (Å²) in [5.74, 6) is -0.822. The highest BCUT2D eigenvalue weighted by molar-refractivity contribution is 5.79. The number of likely N-dealkylation sites (N-methyl/N-ethyl adjacent to an activating group) is 1. The number of benzene rings is 1. The van der Waals surface area contributed by atoms with Crippen LogP contribution in [0.4, 0.5) is 4.39 Å². The van der Waals surface area contributed by atoms with Crippen LogP contribution >= 0.6 is 0 Å². The van der Waals surface area contributed by atoms with E-state index >= 15 is 0 Å². The molecule has 0 heterocycles. The third-order valence-electron chi connectivity index (χ3n) is 2.87. The predicted molar refractivity (Wildman–Crippen MR) is 64.6 cm³/mol. The number of amides is 1. The van der Waals surface area contributed by atoms with Crippen LogP contribution in [0.1, 0.15) is 18.5 Å². The number of hydrogen-bond acceptors (Lipinski definition) is 3. The molecular weight excluding hydrogens is 221 g/mol. The minimum absolute atomic E-state index is 0.165. The third-order valence-corrected chi connectivity index (χ3v) is 2.87. The Labute approximate surface area is 100 Å². The van der Waals surface area contributed by atoms with E-state index in [2.05, 4.69) is 0 Å². The summed E-state index contributed by atoms with van der Waals surface area (Å²) in [6.45, 7) is 2.15. The summed E-state index contributed by atoms with van der Waals surface area (Å²) < 4.78 is 13.5. The lowest BCUT2D eigenvalue weighted by Gasteiger charge is -2.27. The lowest BCUT2D eigenvalue weighted by molar-refractivity contribution is -0.119. The van der Waals surface area contributed by atoms with Gasteiger partial charge in [0.2, 0.25) is 5.91 Å². The molecule has 1 aromatic rings. The Morgan fingerprint density at radius 2 is 2.06 bits per heavy atom. The summed E-state index contributed by atoms with van der Waals surface area (Å²) in [5.41, 5.74) is 11.2. The number of hydrogen-bond donors (Lipinski definition) is 2. The normalized spacial score (nSPS) is 14.6. The second-order valence-corrected chi connectivity index (χ2v) is 4.15. The number of halogens is 1. The van der Waals surface area contributed by atoms with Gasteiger partial charge in [-0.1, -0.05) is 18.2 Å². The van der Waals surface area contributed by atoms with Gasteiger partial charge in [0.05, 0.1) is 6.04 Å². The van der Waals surface area contributed by atoms with E-state index in [9.17, 15) is 9.18 Å². The van der Waals surface area contributed by atoms with Crippen LogP contribution in [0.15, 0.2) is 24.3 Å². The molecule has 17 heavy (non-hydrogen) atoms. The van der Waals surface area contributed by atoms with Gasteiger partial charge >= 0.3 is 0 Å². The Hall–Kier alpha value is -1.46. The average Bonchev–Trinajstić information content (AvgIpc) is 2.28. The van der Waals surface area contributed by atoms with Crippen molar-refractivity contribution in [2.75, 3.05) is 13.6 Å². The molecule has 0 aromatic heterocycles. The van der Waals surface area contributed by atoms with Gasteiger partial charge in [-0.15, -0.1) is 0 Å². The van der Waals surface area contributed by atoms with Gasteiger partial charge < -0.3 is 11.5 Å². The molecule has 4 nitrogen and oxygen atoms in total. The van der Waals surface area contributed by atoms with E-state index in [1.54, 1.807) is 30.1 Å². The summed E-state index contributed by atoms with van der Waals surface area (Å²) in [7, 11) is 1.78. The Morgan fingerprint density at radius 3 is 2.59 bits per heavy atom. The Balaban J connectivity index is 2.73. The Morgan fingerprint density at radius 1 is 1.47 bits per heavy atom. The molecule has 1 aromatic carbocycles. The van der Waals surface area contributed by atoms with Gasteiger partial charge in [-0.25, -0.2) is 4.39 Å². The molecule has 0 saturated carbocycles. The van der Waals surface area contributed by atoms with E-state index in [1.165, 1.54) is 6.07 Å². The molecule has 0 spiro atoms. The molecule has 1 rings (SSSR count). The highest BCUT2D eigenvalue weighted by atomic mass is 19.1. The van der Waals surface area contributed by atoms with Crippen LogP contribution in [0.5, 0.6) is 0 Å². The second-order valence-electron chi connectivity index (χ2n) is 4.15. The number of carbonyl (C=O) groups excluding carboxylic acids is 1. The summed E-state index contributed by atoms with van der Waals surface area (Å²) >= 11 is 0. The van der Waals surface area contributed by atoms with Crippen molar-refractivity contribution < 1.29 is 9.18 Å². The average molecular weight is 239 g/mol. The number of primary amides is 1. The van der Waals surface area contributed by atoms with Crippen LogP contribution in [0.3, 0.4) is 0 Å². The van der Waals surface area contributed by atoms with Crippen LogP contribution in [-0.2, 0) is 4.79 Å². The fourth-order valence-electron chi connectivity index (χ4n) is 1.61. The van der Waals surface area contributed by atoms with Crippen molar-refractivity contribution in [3.63, 3.8) is 0 Å². The highest BCUT2D eigenvalue weighted by Gasteiger charge is 2.19. The minimum atomic E-state index is -0.741. The maximum Gasteiger partial charge on any atom is 0.235 e. The molecule has 2 atom stereocenters. The Kier molecular flexibility index (Phi) is 4.60.